The summed E-state index contributed by atoms with van der Waals surface area (Å²) in [6, 6.07) is 0. The molecule has 0 aromatic rings. The fourth-order valence-electron chi connectivity index (χ4n) is 2.84. The summed E-state index contributed by atoms with van der Waals surface area (Å²) in [6.07, 6.45) is 17.3. The Labute approximate surface area is 131 Å². The van der Waals surface area contributed by atoms with Crippen molar-refractivity contribution in [2.75, 3.05) is 37.6 Å². The Morgan fingerprint density at radius 3 is 2.10 bits per heavy atom. The highest BCUT2D eigenvalue weighted by molar-refractivity contribution is 8.32. The van der Waals surface area contributed by atoms with E-state index in [0.29, 0.717) is 0 Å². The van der Waals surface area contributed by atoms with Gasteiger partial charge in [-0.15, -0.1) is 0 Å². The minimum Gasteiger partial charge on any atom is -0.317 e. The Morgan fingerprint density at radius 1 is 0.900 bits per heavy atom. The lowest BCUT2D eigenvalue weighted by Crippen LogP contribution is -2.19. The van der Waals surface area contributed by atoms with Crippen molar-refractivity contribution in [2.45, 2.75) is 65.7 Å². The van der Waals surface area contributed by atoms with Gasteiger partial charge in [0.05, 0.1) is 0 Å². The van der Waals surface area contributed by atoms with Crippen molar-refractivity contribution < 1.29 is 0 Å². The van der Waals surface area contributed by atoms with Gasteiger partial charge in [-0.1, -0.05) is 46.5 Å². The Bertz CT molecular complexity index is 210. The molecule has 1 nitrogen and oxygen atoms in total. The summed E-state index contributed by atoms with van der Waals surface area (Å²) in [4.78, 5) is 0. The molecule has 0 saturated carbocycles. The molecule has 0 aromatic carbocycles. The van der Waals surface area contributed by atoms with Gasteiger partial charge in [0, 0.05) is 0 Å². The quantitative estimate of drug-likeness (QED) is 0.456. The van der Waals surface area contributed by atoms with Crippen LogP contribution in [0.4, 0.5) is 0 Å². The maximum atomic E-state index is 3.49. The summed E-state index contributed by atoms with van der Waals surface area (Å²) >= 11 is 0. The van der Waals surface area contributed by atoms with Gasteiger partial charge in [0.2, 0.25) is 0 Å². The molecule has 0 fully saturated rings. The summed E-state index contributed by atoms with van der Waals surface area (Å²) in [7, 11) is -0.320. The maximum absolute atomic E-state index is 3.49. The molecule has 2 unspecified atom stereocenters. The number of rotatable bonds is 13. The van der Waals surface area contributed by atoms with Gasteiger partial charge in [0.1, 0.15) is 0 Å². The lowest BCUT2D eigenvalue weighted by Gasteiger charge is -2.29. The summed E-state index contributed by atoms with van der Waals surface area (Å²) in [5.74, 6) is 3.38. The molecule has 0 rings (SSSR count). The predicted molar refractivity (Wildman–Crippen MR) is 99.4 cm³/mol. The van der Waals surface area contributed by atoms with Gasteiger partial charge in [-0.3, -0.25) is 0 Å². The van der Waals surface area contributed by atoms with Crippen LogP contribution in [0.25, 0.3) is 0 Å². The van der Waals surface area contributed by atoms with Crippen LogP contribution in [-0.4, -0.2) is 37.6 Å². The Kier molecular flexibility index (Phi) is 12.1. The number of hydrogen-bond donors (Lipinski definition) is 1. The molecule has 0 aromatic heterocycles. The van der Waals surface area contributed by atoms with Crippen molar-refractivity contribution in [3.05, 3.63) is 0 Å². The van der Waals surface area contributed by atoms with E-state index in [1.165, 1.54) is 57.2 Å². The van der Waals surface area contributed by atoms with Crippen LogP contribution < -0.4 is 5.32 Å². The molecule has 0 aliphatic heterocycles. The van der Waals surface area contributed by atoms with E-state index in [9.17, 15) is 0 Å². The van der Waals surface area contributed by atoms with Crippen molar-refractivity contribution >= 4 is 10.0 Å². The lowest BCUT2D eigenvalue weighted by molar-refractivity contribution is 0.315. The summed E-state index contributed by atoms with van der Waals surface area (Å²) in [6.45, 7) is 9.23. The molecule has 124 valence electrons. The van der Waals surface area contributed by atoms with Crippen molar-refractivity contribution in [2.24, 2.45) is 11.8 Å². The third kappa shape index (κ3) is 12.1. The average molecular weight is 304 g/mol. The highest BCUT2D eigenvalue weighted by Gasteiger charge is 2.17. The van der Waals surface area contributed by atoms with E-state index in [2.05, 4.69) is 44.9 Å². The average Bonchev–Trinajstić information content (AvgIpc) is 2.39. The Morgan fingerprint density at radius 2 is 1.60 bits per heavy atom. The second-order valence-electron chi connectivity index (χ2n) is 7.24. The van der Waals surface area contributed by atoms with E-state index in [1.54, 1.807) is 0 Å². The molecule has 0 heterocycles. The van der Waals surface area contributed by atoms with Gasteiger partial charge >= 0.3 is 0 Å². The molecule has 0 radical (unpaired) electrons. The molecule has 0 saturated heterocycles. The molecular formula is C18H41NS. The first-order valence-electron chi connectivity index (χ1n) is 8.79. The van der Waals surface area contributed by atoms with Gasteiger partial charge in [0.25, 0.3) is 0 Å². The van der Waals surface area contributed by atoms with Crippen LogP contribution in [0.5, 0.6) is 0 Å². The van der Waals surface area contributed by atoms with Gasteiger partial charge in [-0.05, 0) is 68.7 Å². The Hall–Kier alpha value is 0.310. The molecular weight excluding hydrogens is 262 g/mol. The molecule has 1 N–H and O–H groups in total. The minimum atomic E-state index is -0.320. The van der Waals surface area contributed by atoms with Gasteiger partial charge < -0.3 is 5.32 Å². The van der Waals surface area contributed by atoms with E-state index in [1.807, 2.05) is 0 Å². The van der Waals surface area contributed by atoms with Gasteiger partial charge in [0.15, 0.2) is 0 Å². The van der Waals surface area contributed by atoms with Crippen molar-refractivity contribution in [3.8, 4) is 0 Å². The van der Waals surface area contributed by atoms with E-state index < -0.39 is 0 Å². The fourth-order valence-corrected chi connectivity index (χ4v) is 3.88. The van der Waals surface area contributed by atoms with Crippen LogP contribution in [0, 0.1) is 11.8 Å². The highest BCUT2D eigenvalue weighted by Crippen LogP contribution is 2.38. The first-order valence-corrected chi connectivity index (χ1v) is 11.8. The summed E-state index contributed by atoms with van der Waals surface area (Å²) in [5.41, 5.74) is 0. The second-order valence-corrected chi connectivity index (χ2v) is 11.8. The first kappa shape index (κ1) is 20.3. The third-order valence-electron chi connectivity index (χ3n) is 4.33. The minimum absolute atomic E-state index is 0.320. The largest absolute Gasteiger partial charge is 0.317 e. The van der Waals surface area contributed by atoms with E-state index in [0.717, 1.165) is 18.4 Å². The van der Waals surface area contributed by atoms with Crippen molar-refractivity contribution in [3.63, 3.8) is 0 Å². The van der Waals surface area contributed by atoms with E-state index >= 15 is 0 Å². The maximum Gasteiger partial charge on any atom is -0.00464 e. The molecule has 0 bridgehead atoms. The Balaban J connectivity index is 4.21. The molecule has 0 amide bonds. The zero-order valence-electron chi connectivity index (χ0n) is 15.1. The molecule has 0 spiro atoms. The van der Waals surface area contributed by atoms with Crippen molar-refractivity contribution in [1.29, 1.82) is 0 Å². The van der Waals surface area contributed by atoms with Crippen LogP contribution >= 0.6 is 10.0 Å². The number of hydrogen-bond acceptors (Lipinski definition) is 1. The monoisotopic (exact) mass is 303 g/mol. The van der Waals surface area contributed by atoms with E-state index in [-0.39, 0.29) is 10.0 Å². The third-order valence-corrected chi connectivity index (χ3v) is 5.79. The standard InChI is InChI=1S/C18H41NS/c1-7-10-11-18(13-15-20(4,5)6)16-17(8-2)12-14-19-9-3/h17-19H,7-16H2,1-6H3. The predicted octanol–water partition coefficient (Wildman–Crippen LogP) is 5.29. The SMILES string of the molecule is CCCCC(CCS(C)(C)C)CC(CC)CCNCC. The first-order chi connectivity index (χ1) is 9.42. The van der Waals surface area contributed by atoms with Crippen LogP contribution in [0.15, 0.2) is 0 Å². The van der Waals surface area contributed by atoms with Gasteiger partial charge in [-0.25, -0.2) is 10.0 Å². The molecule has 20 heavy (non-hydrogen) atoms. The number of unbranched alkanes of at least 4 members (excludes halogenated alkanes) is 1. The van der Waals surface area contributed by atoms with Crippen LogP contribution in [0.3, 0.4) is 0 Å². The molecule has 2 atom stereocenters. The summed E-state index contributed by atoms with van der Waals surface area (Å²) in [5, 5.41) is 3.49. The normalized spacial score (nSPS) is 16.1. The second kappa shape index (κ2) is 11.9. The molecule has 0 aliphatic carbocycles. The van der Waals surface area contributed by atoms with Crippen molar-refractivity contribution in [1.82, 2.24) is 5.32 Å². The smallest absolute Gasteiger partial charge is 0.00464 e. The topological polar surface area (TPSA) is 12.0 Å². The zero-order chi connectivity index (χ0) is 15.4. The number of nitrogens with one attached hydrogen (secondary N) is 1. The summed E-state index contributed by atoms with van der Waals surface area (Å²) < 4.78 is 0. The van der Waals surface area contributed by atoms with Crippen LogP contribution in [-0.2, 0) is 0 Å². The lowest BCUT2D eigenvalue weighted by atomic mass is 9.86. The van der Waals surface area contributed by atoms with Crippen LogP contribution in [0.2, 0.25) is 0 Å². The zero-order valence-corrected chi connectivity index (χ0v) is 16.0. The molecule has 2 heteroatoms. The van der Waals surface area contributed by atoms with Crippen LogP contribution in [0.1, 0.15) is 65.7 Å². The van der Waals surface area contributed by atoms with E-state index in [4.69, 9.17) is 0 Å². The van der Waals surface area contributed by atoms with Gasteiger partial charge in [-0.2, -0.15) is 0 Å². The molecule has 0 aliphatic rings. The fraction of sp³-hybridized carbons (Fsp3) is 1.00. The highest BCUT2D eigenvalue weighted by atomic mass is 32.3.